The van der Waals surface area contributed by atoms with Crippen LogP contribution in [0.3, 0.4) is 0 Å². The Bertz CT molecular complexity index is 1260. The molecule has 0 aliphatic heterocycles. The third-order valence-electron chi connectivity index (χ3n) is 5.62. The SMILES string of the molecule is Cc1ccc(S(=O)(=O)N(C)C)cc1C(=O)OCC(=O)N(CCc1ccccc1)Cc1ccccc1. The van der Waals surface area contributed by atoms with Crippen molar-refractivity contribution >= 4 is 21.9 Å². The van der Waals surface area contributed by atoms with Gasteiger partial charge >= 0.3 is 5.97 Å². The number of sulfonamides is 1. The number of carbonyl (C=O) groups is 2. The van der Waals surface area contributed by atoms with Crippen LogP contribution < -0.4 is 0 Å². The van der Waals surface area contributed by atoms with Crippen molar-refractivity contribution in [1.29, 1.82) is 0 Å². The van der Waals surface area contributed by atoms with E-state index < -0.39 is 22.6 Å². The highest BCUT2D eigenvalue weighted by Gasteiger charge is 2.22. The third-order valence-corrected chi connectivity index (χ3v) is 7.43. The lowest BCUT2D eigenvalue weighted by Gasteiger charge is -2.23. The molecule has 0 saturated carbocycles. The van der Waals surface area contributed by atoms with Gasteiger partial charge in [-0.2, -0.15) is 0 Å². The Hall–Kier alpha value is -3.49. The molecule has 3 aromatic carbocycles. The molecule has 0 heterocycles. The monoisotopic (exact) mass is 494 g/mol. The van der Waals surface area contributed by atoms with E-state index in [1.165, 1.54) is 26.2 Å². The maximum atomic E-state index is 13.1. The minimum atomic E-state index is -3.71. The van der Waals surface area contributed by atoms with E-state index >= 15 is 0 Å². The molecule has 0 unspecified atom stereocenters. The van der Waals surface area contributed by atoms with Gasteiger partial charge in [-0.05, 0) is 42.2 Å². The molecule has 0 aliphatic carbocycles. The van der Waals surface area contributed by atoms with Crippen molar-refractivity contribution in [3.8, 4) is 0 Å². The van der Waals surface area contributed by atoms with Crippen LogP contribution >= 0.6 is 0 Å². The number of aryl methyl sites for hydroxylation is 1. The number of hydrogen-bond acceptors (Lipinski definition) is 5. The van der Waals surface area contributed by atoms with E-state index in [9.17, 15) is 18.0 Å². The average molecular weight is 495 g/mol. The molecule has 0 N–H and O–H groups in total. The first-order valence-corrected chi connectivity index (χ1v) is 12.7. The van der Waals surface area contributed by atoms with Gasteiger partial charge in [0.2, 0.25) is 10.0 Å². The van der Waals surface area contributed by atoms with Crippen LogP contribution in [0.25, 0.3) is 0 Å². The highest BCUT2D eigenvalue weighted by Crippen LogP contribution is 2.19. The fourth-order valence-electron chi connectivity index (χ4n) is 3.49. The lowest BCUT2D eigenvalue weighted by Crippen LogP contribution is -2.36. The van der Waals surface area contributed by atoms with Crippen LogP contribution in [0.1, 0.15) is 27.0 Å². The summed E-state index contributed by atoms with van der Waals surface area (Å²) in [6, 6.07) is 23.7. The number of ether oxygens (including phenoxy) is 1. The zero-order valence-electron chi connectivity index (χ0n) is 20.2. The van der Waals surface area contributed by atoms with Crippen LogP contribution in [0.2, 0.25) is 0 Å². The molecule has 0 atom stereocenters. The van der Waals surface area contributed by atoms with E-state index in [4.69, 9.17) is 4.74 Å². The van der Waals surface area contributed by atoms with E-state index in [1.807, 2.05) is 60.7 Å². The molecule has 0 fully saturated rings. The molecule has 0 aliphatic rings. The van der Waals surface area contributed by atoms with Crippen LogP contribution in [0.5, 0.6) is 0 Å². The standard InChI is InChI=1S/C27H30N2O5S/c1-21-14-15-24(35(32,33)28(2)3)18-25(21)27(31)34-20-26(30)29(19-23-12-8-5-9-13-23)17-16-22-10-6-4-7-11-22/h4-15,18H,16-17,19-20H2,1-3H3. The van der Waals surface area contributed by atoms with E-state index in [1.54, 1.807) is 17.9 Å². The van der Waals surface area contributed by atoms with E-state index in [0.29, 0.717) is 25.1 Å². The summed E-state index contributed by atoms with van der Waals surface area (Å²) in [5.41, 5.74) is 2.74. The van der Waals surface area contributed by atoms with Crippen molar-refractivity contribution in [2.45, 2.75) is 24.8 Å². The van der Waals surface area contributed by atoms with Crippen LogP contribution in [-0.2, 0) is 32.5 Å². The summed E-state index contributed by atoms with van der Waals surface area (Å²) >= 11 is 0. The van der Waals surface area contributed by atoms with Crippen molar-refractivity contribution in [2.75, 3.05) is 27.2 Å². The fourth-order valence-corrected chi connectivity index (χ4v) is 4.42. The maximum Gasteiger partial charge on any atom is 0.338 e. The summed E-state index contributed by atoms with van der Waals surface area (Å²) in [5, 5.41) is 0. The van der Waals surface area contributed by atoms with E-state index in [2.05, 4.69) is 0 Å². The second kappa shape index (κ2) is 11.8. The van der Waals surface area contributed by atoms with Gasteiger partial charge in [-0.25, -0.2) is 17.5 Å². The minimum absolute atomic E-state index is 0.0139. The summed E-state index contributed by atoms with van der Waals surface area (Å²) in [6.45, 7) is 2.10. The number of rotatable bonds is 10. The molecule has 0 bridgehead atoms. The first-order chi connectivity index (χ1) is 16.7. The molecule has 8 heteroatoms. The Morgan fingerprint density at radius 3 is 2.06 bits per heavy atom. The predicted molar refractivity (Wildman–Crippen MR) is 134 cm³/mol. The highest BCUT2D eigenvalue weighted by atomic mass is 32.2. The summed E-state index contributed by atoms with van der Waals surface area (Å²) in [4.78, 5) is 27.5. The zero-order valence-corrected chi connectivity index (χ0v) is 21.0. The number of benzene rings is 3. The first-order valence-electron chi connectivity index (χ1n) is 11.2. The van der Waals surface area contributed by atoms with Gasteiger partial charge in [0.1, 0.15) is 0 Å². The summed E-state index contributed by atoms with van der Waals surface area (Å²) in [7, 11) is -0.874. The second-order valence-corrected chi connectivity index (χ2v) is 10.5. The Labute approximate surface area is 207 Å². The van der Waals surface area contributed by atoms with E-state index in [-0.39, 0.29) is 16.4 Å². The Morgan fingerprint density at radius 1 is 0.857 bits per heavy atom. The van der Waals surface area contributed by atoms with Crippen LogP contribution in [-0.4, -0.2) is 56.7 Å². The summed E-state index contributed by atoms with van der Waals surface area (Å²) < 4.78 is 31.3. The second-order valence-electron chi connectivity index (χ2n) is 8.38. The molecule has 35 heavy (non-hydrogen) atoms. The average Bonchev–Trinajstić information content (AvgIpc) is 2.86. The van der Waals surface area contributed by atoms with Crippen LogP contribution in [0.4, 0.5) is 0 Å². The lowest BCUT2D eigenvalue weighted by atomic mass is 10.1. The van der Waals surface area contributed by atoms with Gasteiger partial charge in [0.05, 0.1) is 10.5 Å². The van der Waals surface area contributed by atoms with Gasteiger partial charge < -0.3 is 9.64 Å². The molecule has 0 aromatic heterocycles. The maximum absolute atomic E-state index is 13.1. The lowest BCUT2D eigenvalue weighted by molar-refractivity contribution is -0.135. The van der Waals surface area contributed by atoms with Gasteiger partial charge in [0, 0.05) is 27.2 Å². The number of amides is 1. The normalized spacial score (nSPS) is 11.3. The van der Waals surface area contributed by atoms with Gasteiger partial charge in [-0.15, -0.1) is 0 Å². The van der Waals surface area contributed by atoms with Crippen LogP contribution in [0.15, 0.2) is 83.8 Å². The summed E-state index contributed by atoms with van der Waals surface area (Å²) in [5.74, 6) is -1.07. The van der Waals surface area contributed by atoms with Crippen molar-refractivity contribution in [1.82, 2.24) is 9.21 Å². The highest BCUT2D eigenvalue weighted by molar-refractivity contribution is 7.89. The quantitative estimate of drug-likeness (QED) is 0.402. The molecular formula is C27H30N2O5S. The molecule has 3 aromatic rings. The zero-order chi connectivity index (χ0) is 25.4. The largest absolute Gasteiger partial charge is 0.452 e. The van der Waals surface area contributed by atoms with Crippen molar-refractivity contribution in [3.63, 3.8) is 0 Å². The Morgan fingerprint density at radius 2 is 1.46 bits per heavy atom. The van der Waals surface area contributed by atoms with Gasteiger partial charge in [-0.3, -0.25) is 4.79 Å². The molecular weight excluding hydrogens is 464 g/mol. The number of nitrogens with zero attached hydrogens (tertiary/aromatic N) is 2. The smallest absolute Gasteiger partial charge is 0.338 e. The predicted octanol–water partition coefficient (Wildman–Crippen LogP) is 3.67. The number of hydrogen-bond donors (Lipinski definition) is 0. The minimum Gasteiger partial charge on any atom is -0.452 e. The number of carbonyl (C=O) groups excluding carboxylic acids is 2. The Kier molecular flexibility index (Phi) is 8.78. The van der Waals surface area contributed by atoms with Crippen molar-refractivity contribution in [3.05, 3.63) is 101 Å². The fraction of sp³-hybridized carbons (Fsp3) is 0.259. The molecule has 0 saturated heterocycles. The van der Waals surface area contributed by atoms with Gasteiger partial charge in [0.15, 0.2) is 6.61 Å². The molecule has 0 radical (unpaired) electrons. The number of esters is 1. The molecule has 1 amide bonds. The molecule has 184 valence electrons. The van der Waals surface area contributed by atoms with Crippen molar-refractivity contribution < 1.29 is 22.7 Å². The van der Waals surface area contributed by atoms with Crippen LogP contribution in [0, 0.1) is 6.92 Å². The van der Waals surface area contributed by atoms with Gasteiger partial charge in [0.25, 0.3) is 5.91 Å². The molecule has 3 rings (SSSR count). The summed E-state index contributed by atoms with van der Waals surface area (Å²) in [6.07, 6.45) is 0.664. The van der Waals surface area contributed by atoms with Gasteiger partial charge in [-0.1, -0.05) is 66.7 Å². The Balaban J connectivity index is 1.72. The first kappa shape index (κ1) is 26.1. The third kappa shape index (κ3) is 7.00. The molecule has 7 nitrogen and oxygen atoms in total. The topological polar surface area (TPSA) is 84.0 Å². The van der Waals surface area contributed by atoms with Crippen molar-refractivity contribution in [2.24, 2.45) is 0 Å². The van der Waals surface area contributed by atoms with E-state index in [0.717, 1.165) is 15.4 Å². The molecule has 0 spiro atoms.